The van der Waals surface area contributed by atoms with Crippen LogP contribution in [0.3, 0.4) is 0 Å². The summed E-state index contributed by atoms with van der Waals surface area (Å²) in [6.07, 6.45) is -2.08. The Kier molecular flexibility index (Phi) is 5.47. The van der Waals surface area contributed by atoms with E-state index in [4.69, 9.17) is 5.73 Å². The second-order valence-electron chi connectivity index (χ2n) is 3.55. The van der Waals surface area contributed by atoms with E-state index in [9.17, 15) is 18.7 Å². The summed E-state index contributed by atoms with van der Waals surface area (Å²) in [6.45, 7) is 0.285. The van der Waals surface area contributed by atoms with Gasteiger partial charge in [0.1, 0.15) is 18.2 Å². The van der Waals surface area contributed by atoms with Crippen molar-refractivity contribution in [3.8, 4) is 0 Å². The van der Waals surface area contributed by atoms with Crippen LogP contribution in [0.25, 0.3) is 0 Å². The van der Waals surface area contributed by atoms with Crippen LogP contribution in [0, 0.1) is 11.6 Å². The topological polar surface area (TPSA) is 84.6 Å². The van der Waals surface area contributed by atoms with Crippen LogP contribution in [0.5, 0.6) is 0 Å². The number of ether oxygens (including phenoxy) is 1. The summed E-state index contributed by atoms with van der Waals surface area (Å²) >= 11 is 0. The molecule has 1 unspecified atom stereocenters. The van der Waals surface area contributed by atoms with Crippen molar-refractivity contribution in [3.63, 3.8) is 0 Å². The van der Waals surface area contributed by atoms with Gasteiger partial charge in [-0.15, -0.1) is 0 Å². The molecule has 100 valence electrons. The van der Waals surface area contributed by atoms with Gasteiger partial charge in [-0.25, -0.2) is 13.6 Å². The summed E-state index contributed by atoms with van der Waals surface area (Å²) in [6, 6.07) is 2.85. The minimum atomic E-state index is -1.19. The zero-order valence-electron chi connectivity index (χ0n) is 9.53. The van der Waals surface area contributed by atoms with Crippen LogP contribution in [0.4, 0.5) is 13.6 Å². The summed E-state index contributed by atoms with van der Waals surface area (Å²) in [5, 5.41) is 12.3. The number of amides is 1. The molecule has 18 heavy (non-hydrogen) atoms. The molecule has 0 bridgehead atoms. The number of aliphatic hydroxyl groups is 1. The lowest BCUT2D eigenvalue weighted by Crippen LogP contribution is -2.27. The maximum absolute atomic E-state index is 13.3. The lowest BCUT2D eigenvalue weighted by molar-refractivity contribution is 0.148. The number of carbonyl (C=O) groups is 1. The normalized spacial score (nSPS) is 12.2. The molecule has 0 fully saturated rings. The first-order chi connectivity index (χ1) is 8.50. The highest BCUT2D eigenvalue weighted by atomic mass is 19.1. The Morgan fingerprint density at radius 2 is 2.22 bits per heavy atom. The van der Waals surface area contributed by atoms with E-state index in [0.29, 0.717) is 0 Å². The molecule has 0 aliphatic rings. The van der Waals surface area contributed by atoms with Gasteiger partial charge in [-0.3, -0.25) is 0 Å². The third kappa shape index (κ3) is 4.64. The number of nitrogens with two attached hydrogens (primary N) is 1. The molecule has 0 saturated carbocycles. The molecule has 1 amide bonds. The lowest BCUT2D eigenvalue weighted by atomic mass is 10.1. The number of primary amides is 1. The van der Waals surface area contributed by atoms with Crippen molar-refractivity contribution < 1.29 is 23.4 Å². The number of rotatable bonds is 6. The number of halogens is 2. The minimum Gasteiger partial charge on any atom is -0.448 e. The van der Waals surface area contributed by atoms with Gasteiger partial charge in [0.25, 0.3) is 0 Å². The van der Waals surface area contributed by atoms with Crippen LogP contribution < -0.4 is 11.1 Å². The maximum atomic E-state index is 13.3. The van der Waals surface area contributed by atoms with Crippen LogP contribution in [0.2, 0.25) is 0 Å². The molecule has 1 atom stereocenters. The molecule has 0 radical (unpaired) electrons. The van der Waals surface area contributed by atoms with Crippen molar-refractivity contribution in [3.05, 3.63) is 35.4 Å². The first-order valence-electron chi connectivity index (χ1n) is 5.26. The van der Waals surface area contributed by atoms with E-state index < -0.39 is 23.8 Å². The summed E-state index contributed by atoms with van der Waals surface area (Å²) in [7, 11) is 0. The minimum absolute atomic E-state index is 0.00248. The van der Waals surface area contributed by atoms with E-state index in [1.165, 1.54) is 0 Å². The third-order valence-electron chi connectivity index (χ3n) is 2.18. The number of hydrogen-bond acceptors (Lipinski definition) is 4. The molecule has 0 spiro atoms. The fourth-order valence-corrected chi connectivity index (χ4v) is 1.34. The van der Waals surface area contributed by atoms with Crippen molar-refractivity contribution >= 4 is 6.09 Å². The molecule has 7 heteroatoms. The molecule has 1 aromatic carbocycles. The highest BCUT2D eigenvalue weighted by Crippen LogP contribution is 2.17. The SMILES string of the molecule is NC(=O)OCCNCC(O)c1cc(F)ccc1F. The van der Waals surface area contributed by atoms with Crippen LogP contribution >= 0.6 is 0 Å². The van der Waals surface area contributed by atoms with Crippen LogP contribution in [0.15, 0.2) is 18.2 Å². The van der Waals surface area contributed by atoms with E-state index in [2.05, 4.69) is 10.1 Å². The zero-order valence-corrected chi connectivity index (χ0v) is 9.53. The molecular formula is C11H14F2N2O3. The molecule has 5 nitrogen and oxygen atoms in total. The van der Waals surface area contributed by atoms with Crippen molar-refractivity contribution in [1.29, 1.82) is 0 Å². The molecule has 0 aliphatic heterocycles. The van der Waals surface area contributed by atoms with Gasteiger partial charge >= 0.3 is 6.09 Å². The van der Waals surface area contributed by atoms with E-state index in [-0.39, 0.29) is 25.3 Å². The standard InChI is InChI=1S/C11H14F2N2O3/c12-7-1-2-9(13)8(5-7)10(16)6-15-3-4-18-11(14)17/h1-2,5,10,15-16H,3-4,6H2,(H2,14,17). The van der Waals surface area contributed by atoms with E-state index in [1.807, 2.05) is 0 Å². The summed E-state index contributed by atoms with van der Waals surface area (Å²) in [5.74, 6) is -1.30. The summed E-state index contributed by atoms with van der Waals surface area (Å²) in [5.41, 5.74) is 4.61. The van der Waals surface area contributed by atoms with Gasteiger partial charge in [0.05, 0.1) is 6.10 Å². The van der Waals surface area contributed by atoms with Crippen molar-refractivity contribution in [2.45, 2.75) is 6.10 Å². The average Bonchev–Trinajstić information content (AvgIpc) is 2.31. The van der Waals surface area contributed by atoms with E-state index in [0.717, 1.165) is 18.2 Å². The Hall–Kier alpha value is -1.73. The fourth-order valence-electron chi connectivity index (χ4n) is 1.34. The monoisotopic (exact) mass is 260 g/mol. The molecule has 0 saturated heterocycles. The van der Waals surface area contributed by atoms with Crippen molar-refractivity contribution in [2.24, 2.45) is 5.73 Å². The third-order valence-corrected chi connectivity index (χ3v) is 2.18. The summed E-state index contributed by atoms with van der Waals surface area (Å²) in [4.78, 5) is 10.2. The maximum Gasteiger partial charge on any atom is 0.404 e. The van der Waals surface area contributed by atoms with Crippen molar-refractivity contribution in [1.82, 2.24) is 5.32 Å². The van der Waals surface area contributed by atoms with Crippen LogP contribution in [-0.4, -0.2) is 30.9 Å². The first-order valence-corrected chi connectivity index (χ1v) is 5.26. The molecule has 0 heterocycles. The quantitative estimate of drug-likeness (QED) is 0.657. The highest BCUT2D eigenvalue weighted by Gasteiger charge is 2.13. The summed E-state index contributed by atoms with van der Waals surface area (Å²) < 4.78 is 30.6. The van der Waals surface area contributed by atoms with Gasteiger partial charge < -0.3 is 20.9 Å². The Bertz CT molecular complexity index is 415. The Balaban J connectivity index is 2.38. The van der Waals surface area contributed by atoms with Gasteiger partial charge in [-0.1, -0.05) is 0 Å². The van der Waals surface area contributed by atoms with Crippen LogP contribution in [-0.2, 0) is 4.74 Å². The molecule has 0 aliphatic carbocycles. The molecule has 4 N–H and O–H groups in total. The van der Waals surface area contributed by atoms with E-state index in [1.54, 1.807) is 0 Å². The van der Waals surface area contributed by atoms with Crippen molar-refractivity contribution in [2.75, 3.05) is 19.7 Å². The highest BCUT2D eigenvalue weighted by molar-refractivity contribution is 5.64. The smallest absolute Gasteiger partial charge is 0.404 e. The number of carbonyl (C=O) groups excluding carboxylic acids is 1. The van der Waals surface area contributed by atoms with Gasteiger partial charge in [-0.05, 0) is 18.2 Å². The predicted molar refractivity (Wildman–Crippen MR) is 59.7 cm³/mol. The second-order valence-corrected chi connectivity index (χ2v) is 3.55. The first kappa shape index (κ1) is 14.3. The fraction of sp³-hybridized carbons (Fsp3) is 0.364. The molecule has 0 aromatic heterocycles. The molecule has 1 rings (SSSR count). The second kappa shape index (κ2) is 6.87. The number of aliphatic hydroxyl groups excluding tert-OH is 1. The molecule has 1 aromatic rings. The van der Waals surface area contributed by atoms with Gasteiger partial charge in [-0.2, -0.15) is 0 Å². The Labute approximate surface area is 103 Å². The van der Waals surface area contributed by atoms with E-state index >= 15 is 0 Å². The Morgan fingerprint density at radius 1 is 1.50 bits per heavy atom. The van der Waals surface area contributed by atoms with Gasteiger partial charge in [0, 0.05) is 18.7 Å². The molecular weight excluding hydrogens is 246 g/mol. The Morgan fingerprint density at radius 3 is 2.89 bits per heavy atom. The van der Waals surface area contributed by atoms with Gasteiger partial charge in [0.15, 0.2) is 0 Å². The predicted octanol–water partition coefficient (Wildman–Crippen LogP) is 0.683. The average molecular weight is 260 g/mol. The zero-order chi connectivity index (χ0) is 13.5. The number of nitrogens with one attached hydrogen (secondary N) is 1. The van der Waals surface area contributed by atoms with Crippen LogP contribution in [0.1, 0.15) is 11.7 Å². The number of benzene rings is 1. The van der Waals surface area contributed by atoms with Gasteiger partial charge in [0.2, 0.25) is 0 Å². The largest absolute Gasteiger partial charge is 0.448 e. The lowest BCUT2D eigenvalue weighted by Gasteiger charge is -2.13. The number of hydrogen-bond donors (Lipinski definition) is 3.